The summed E-state index contributed by atoms with van der Waals surface area (Å²) < 4.78 is 72.5. The molecule has 0 aromatic rings. The van der Waals surface area contributed by atoms with Crippen LogP contribution in [-0.2, 0) is 0 Å². The summed E-state index contributed by atoms with van der Waals surface area (Å²) in [4.78, 5) is 0. The van der Waals surface area contributed by atoms with Gasteiger partial charge < -0.3 is 0 Å². The number of rotatable bonds is 1. The van der Waals surface area contributed by atoms with E-state index in [0.29, 0.717) is 0 Å². The van der Waals surface area contributed by atoms with Crippen LogP contribution in [0.4, 0.5) is 21.0 Å². The summed E-state index contributed by atoms with van der Waals surface area (Å²) in [6.45, 7) is 1.67. The number of nitrogens with zero attached hydrogens (tertiary/aromatic N) is 4. The Kier molecular flexibility index (Phi) is 2.48. The molecule has 2 heterocycles. The Morgan fingerprint density at radius 2 is 1.47 bits per heavy atom. The Morgan fingerprint density at radius 1 is 1.00 bits per heavy atom. The molecule has 12 heteroatoms. The van der Waals surface area contributed by atoms with Crippen LogP contribution in [0.3, 0.4) is 0 Å². The van der Waals surface area contributed by atoms with Crippen LogP contribution in [0.5, 0.6) is 0 Å². The molecule has 0 spiro atoms. The Bertz CT molecular complexity index is 453. The van der Waals surface area contributed by atoms with E-state index in [1.165, 1.54) is 6.92 Å². The molecule has 3 unspecified atom stereocenters. The molecule has 0 amide bonds. The first-order valence-electron chi connectivity index (χ1n) is 3.81. The van der Waals surface area contributed by atoms with E-state index in [2.05, 4.69) is 9.03 Å². The molecule has 0 saturated carbocycles. The molecular weight excluding hydrogens is 280 g/mol. The second-order valence-corrected chi connectivity index (χ2v) is 8.62. The molecule has 0 bridgehead atoms. The van der Waals surface area contributed by atoms with Crippen LogP contribution >= 0.6 is 23.3 Å². The zero-order chi connectivity index (χ0) is 11.5. The van der Waals surface area contributed by atoms with Crippen LogP contribution in [0, 0.1) is 0 Å². The predicted molar refractivity (Wildman–Crippen MR) is 49.8 cm³/mol. The van der Waals surface area contributed by atoms with E-state index in [-0.39, 0.29) is 12.6 Å². The summed E-state index contributed by atoms with van der Waals surface area (Å²) in [5.41, 5.74) is 0. The van der Waals surface area contributed by atoms with Gasteiger partial charge in [0.25, 0.3) is 0 Å². The first kappa shape index (κ1) is 11.8. The van der Waals surface area contributed by atoms with Gasteiger partial charge in [-0.1, -0.05) is 0 Å². The van der Waals surface area contributed by atoms with Crippen molar-refractivity contribution in [2.45, 2.75) is 13.0 Å². The lowest BCUT2D eigenvalue weighted by atomic mass is 10.6. The summed E-state index contributed by atoms with van der Waals surface area (Å²) in [6.07, 6.45) is 0. The van der Waals surface area contributed by atoms with Crippen molar-refractivity contribution in [3.05, 3.63) is 0 Å². The maximum Gasteiger partial charge on any atom is 0.424 e. The second-order valence-electron chi connectivity index (χ2n) is 3.15. The zero-order valence-corrected chi connectivity index (χ0v) is 9.99. The largest absolute Gasteiger partial charge is 0.424 e. The van der Waals surface area contributed by atoms with Gasteiger partial charge in [0.1, 0.15) is 0 Å². The molecule has 0 radical (unpaired) electrons. The summed E-state index contributed by atoms with van der Waals surface area (Å²) >= 11 is 0. The number of halogens is 5. The van der Waals surface area contributed by atoms with Crippen molar-refractivity contribution in [2.75, 3.05) is 6.54 Å². The fraction of sp³-hybridized carbons (Fsp3) is 1.00. The van der Waals surface area contributed by atoms with Crippen molar-refractivity contribution in [3.63, 3.8) is 0 Å². The van der Waals surface area contributed by atoms with E-state index in [1.54, 1.807) is 0 Å². The molecule has 15 heavy (non-hydrogen) atoms. The summed E-state index contributed by atoms with van der Waals surface area (Å²) in [5, 5.41) is 0. The Labute approximate surface area is 82.9 Å². The van der Waals surface area contributed by atoms with Crippen molar-refractivity contribution >= 4 is 23.3 Å². The van der Waals surface area contributed by atoms with Crippen LogP contribution in [0.15, 0.2) is 13.5 Å². The van der Waals surface area contributed by atoms with E-state index in [1.807, 2.05) is 4.52 Å². The van der Waals surface area contributed by atoms with Crippen molar-refractivity contribution in [2.24, 2.45) is 13.5 Å². The van der Waals surface area contributed by atoms with Crippen molar-refractivity contribution in [1.29, 1.82) is 0 Å². The zero-order valence-electron chi connectivity index (χ0n) is 7.30. The maximum absolute atomic E-state index is 13.7. The lowest BCUT2D eigenvalue weighted by Gasteiger charge is -2.17. The monoisotopic (exact) mass is 286 g/mol. The van der Waals surface area contributed by atoms with Gasteiger partial charge in [-0.05, 0) is 6.92 Å². The number of hydrogen-bond donors (Lipinski definition) is 0. The summed E-state index contributed by atoms with van der Waals surface area (Å²) in [7, 11) is -15.6. The van der Waals surface area contributed by atoms with Gasteiger partial charge in [0.2, 0.25) is 0 Å². The van der Waals surface area contributed by atoms with Gasteiger partial charge in [0.15, 0.2) is 0 Å². The van der Waals surface area contributed by atoms with Crippen LogP contribution in [0.25, 0.3) is 0 Å². The highest BCUT2D eigenvalue weighted by molar-refractivity contribution is 7.78. The predicted octanol–water partition coefficient (Wildman–Crippen LogP) is 5.39. The van der Waals surface area contributed by atoms with Crippen molar-refractivity contribution in [1.82, 2.24) is 4.67 Å². The molecule has 0 N–H and O–H groups in total. The third-order valence-electron chi connectivity index (χ3n) is 1.81. The van der Waals surface area contributed by atoms with E-state index in [9.17, 15) is 21.0 Å². The molecule has 4 nitrogen and oxygen atoms in total. The van der Waals surface area contributed by atoms with Crippen LogP contribution in [0.1, 0.15) is 6.92 Å². The molecule has 1 fully saturated rings. The minimum Gasteiger partial charge on any atom is -0.220 e. The van der Waals surface area contributed by atoms with Crippen LogP contribution in [-0.4, -0.2) is 17.3 Å². The standard InChI is InChI=1S/C3H6F5N4P3/c1-3-2-12(3)15(8)10-13(4,5)9-14(6,7)11-15/h3H,2H2,1H3. The van der Waals surface area contributed by atoms with Crippen LogP contribution in [0.2, 0.25) is 0 Å². The molecule has 2 aliphatic heterocycles. The first-order chi connectivity index (χ1) is 6.64. The molecule has 2 rings (SSSR count). The normalized spacial score (nSPS) is 46.0. The second kappa shape index (κ2) is 3.16. The van der Waals surface area contributed by atoms with Crippen molar-refractivity contribution in [3.8, 4) is 0 Å². The minimum absolute atomic E-state index is 0.136. The van der Waals surface area contributed by atoms with Gasteiger partial charge in [-0.3, -0.25) is 0 Å². The maximum atomic E-state index is 13.7. The van der Waals surface area contributed by atoms with E-state index >= 15 is 0 Å². The van der Waals surface area contributed by atoms with Gasteiger partial charge in [0, 0.05) is 12.6 Å². The topological polar surface area (TPSA) is 40.1 Å². The van der Waals surface area contributed by atoms with E-state index in [4.69, 9.17) is 0 Å². The SMILES string of the molecule is CC1CN1P1(F)=NP(F)(F)=NP(F)(F)=N1. The van der Waals surface area contributed by atoms with Crippen LogP contribution < -0.4 is 0 Å². The quantitative estimate of drug-likeness (QED) is 0.362. The summed E-state index contributed by atoms with van der Waals surface area (Å²) in [5.74, 6) is 0. The van der Waals surface area contributed by atoms with Gasteiger partial charge >= 0.3 is 23.3 Å². The summed E-state index contributed by atoms with van der Waals surface area (Å²) in [6, 6.07) is -0.353. The van der Waals surface area contributed by atoms with Crippen molar-refractivity contribution < 1.29 is 21.0 Å². The first-order valence-corrected chi connectivity index (χ1v) is 8.30. The lowest BCUT2D eigenvalue weighted by molar-refractivity contribution is 0.675. The fourth-order valence-corrected chi connectivity index (χ4v) is 7.53. The molecule has 0 aliphatic carbocycles. The number of hydrogen-bond acceptors (Lipinski definition) is 4. The van der Waals surface area contributed by atoms with E-state index in [0.717, 1.165) is 4.67 Å². The average Bonchev–Trinajstić information content (AvgIpc) is 2.57. The van der Waals surface area contributed by atoms with E-state index < -0.39 is 23.3 Å². The van der Waals surface area contributed by atoms with Gasteiger partial charge in [0.05, 0.1) is 0 Å². The highest BCUT2D eigenvalue weighted by atomic mass is 31.3. The molecule has 2 aliphatic rings. The average molecular weight is 286 g/mol. The fourth-order valence-electron chi connectivity index (χ4n) is 1.14. The molecule has 0 aromatic heterocycles. The molecule has 3 atom stereocenters. The smallest absolute Gasteiger partial charge is 0.220 e. The third-order valence-corrected chi connectivity index (χ3v) is 8.29. The molecule has 0 aromatic carbocycles. The van der Waals surface area contributed by atoms with Gasteiger partial charge in [-0.2, -0.15) is 4.20 Å². The molecule has 1 saturated heterocycles. The van der Waals surface area contributed by atoms with Gasteiger partial charge in [-0.25, -0.2) is 4.67 Å². The lowest BCUT2D eigenvalue weighted by Crippen LogP contribution is -1.91. The Balaban J connectivity index is 2.57. The minimum atomic E-state index is -5.53. The Morgan fingerprint density at radius 3 is 1.87 bits per heavy atom. The van der Waals surface area contributed by atoms with Gasteiger partial charge in [-0.15, -0.1) is 30.3 Å². The third kappa shape index (κ3) is 2.36. The molecule has 88 valence electrons. The molecular formula is C3H6F5N4P3. The Hall–Kier alpha value is 0.300. The highest BCUT2D eigenvalue weighted by Gasteiger charge is 2.50. The highest BCUT2D eigenvalue weighted by Crippen LogP contribution is 2.83.